The first-order valence-electron chi connectivity index (χ1n) is 11.2. The number of nitrogens with one attached hydrogen (secondary N) is 2. The molecule has 0 spiro atoms. The predicted molar refractivity (Wildman–Crippen MR) is 135 cm³/mol. The summed E-state index contributed by atoms with van der Waals surface area (Å²) in [6.45, 7) is 3.83. The van der Waals surface area contributed by atoms with Crippen molar-refractivity contribution in [2.24, 2.45) is 0 Å². The molecule has 4 N–H and O–H groups in total. The van der Waals surface area contributed by atoms with Crippen LogP contribution in [0.1, 0.15) is 40.1 Å². The molecule has 1 amide bonds. The summed E-state index contributed by atoms with van der Waals surface area (Å²) in [4.78, 5) is 24.5. The van der Waals surface area contributed by atoms with Gasteiger partial charge in [0.1, 0.15) is 23.3 Å². The maximum atomic E-state index is 12.3. The van der Waals surface area contributed by atoms with Crippen LogP contribution in [0, 0.1) is 0 Å². The van der Waals surface area contributed by atoms with E-state index in [0.29, 0.717) is 34.9 Å². The van der Waals surface area contributed by atoms with Crippen LogP contribution in [0.25, 0.3) is 0 Å². The first-order chi connectivity index (χ1) is 16.6. The van der Waals surface area contributed by atoms with Gasteiger partial charge in [-0.3, -0.25) is 14.9 Å². The van der Waals surface area contributed by atoms with Crippen LogP contribution < -0.4 is 15.4 Å². The fourth-order valence-corrected chi connectivity index (χ4v) is 3.42. The Labute approximate surface area is 209 Å². The lowest BCUT2D eigenvalue weighted by Gasteiger charge is -2.32. The maximum absolute atomic E-state index is 12.3. The molecule has 0 aromatic heterocycles. The molecular formula is C27H29ClN2O5. The molecule has 0 aliphatic heterocycles. The van der Waals surface area contributed by atoms with Gasteiger partial charge < -0.3 is 20.3 Å². The minimum Gasteiger partial charge on any atom is -0.508 e. The van der Waals surface area contributed by atoms with E-state index in [9.17, 15) is 19.8 Å². The summed E-state index contributed by atoms with van der Waals surface area (Å²) in [7, 11) is 0. The van der Waals surface area contributed by atoms with E-state index in [-0.39, 0.29) is 24.0 Å². The van der Waals surface area contributed by atoms with E-state index < -0.39 is 11.8 Å². The van der Waals surface area contributed by atoms with E-state index >= 15 is 0 Å². The molecule has 3 aromatic carbocycles. The molecule has 0 radical (unpaired) electrons. The molecule has 1 atom stereocenters. The number of rotatable bonds is 11. The number of hydrogen-bond donors (Lipinski definition) is 4. The Morgan fingerprint density at radius 2 is 1.54 bits per heavy atom. The van der Waals surface area contributed by atoms with E-state index in [1.165, 1.54) is 24.3 Å². The van der Waals surface area contributed by atoms with Crippen LogP contribution in [0.5, 0.6) is 11.5 Å². The summed E-state index contributed by atoms with van der Waals surface area (Å²) in [6, 6.07) is 20.0. The van der Waals surface area contributed by atoms with Crippen LogP contribution in [-0.4, -0.2) is 46.8 Å². The zero-order valence-electron chi connectivity index (χ0n) is 19.6. The van der Waals surface area contributed by atoms with Crippen molar-refractivity contribution in [2.75, 3.05) is 13.1 Å². The van der Waals surface area contributed by atoms with E-state index in [4.69, 9.17) is 16.3 Å². The first-order valence-corrected chi connectivity index (χ1v) is 11.6. The highest BCUT2D eigenvalue weighted by Gasteiger charge is 2.30. The molecule has 0 heterocycles. The Morgan fingerprint density at radius 1 is 0.943 bits per heavy atom. The van der Waals surface area contributed by atoms with E-state index in [2.05, 4.69) is 10.6 Å². The summed E-state index contributed by atoms with van der Waals surface area (Å²) >= 11 is 5.85. The van der Waals surface area contributed by atoms with Gasteiger partial charge in [-0.2, -0.15) is 0 Å². The number of phenols is 1. The lowest BCUT2D eigenvalue weighted by molar-refractivity contribution is -0.0452. The minimum atomic E-state index is -1.11. The first kappa shape index (κ1) is 26.2. The van der Waals surface area contributed by atoms with Crippen molar-refractivity contribution in [2.45, 2.75) is 32.1 Å². The molecule has 184 valence electrons. The van der Waals surface area contributed by atoms with Gasteiger partial charge in [-0.15, -0.1) is 0 Å². The summed E-state index contributed by atoms with van der Waals surface area (Å²) in [5, 5.41) is 26.1. The zero-order chi connectivity index (χ0) is 25.4. The molecule has 0 aliphatic rings. The molecule has 0 aliphatic carbocycles. The number of halogens is 1. The topological polar surface area (TPSA) is 108 Å². The second kappa shape index (κ2) is 11.8. The summed E-state index contributed by atoms with van der Waals surface area (Å²) in [5.74, 6) is 0.272. The Hall–Kier alpha value is -3.39. The third-order valence-corrected chi connectivity index (χ3v) is 5.67. The monoisotopic (exact) mass is 496 g/mol. The summed E-state index contributed by atoms with van der Waals surface area (Å²) in [5.41, 5.74) is 0.992. The maximum Gasteiger partial charge on any atom is 0.251 e. The van der Waals surface area contributed by atoms with Crippen LogP contribution in [0.3, 0.4) is 0 Å². The van der Waals surface area contributed by atoms with Gasteiger partial charge in [-0.1, -0.05) is 23.7 Å². The van der Waals surface area contributed by atoms with Crippen LogP contribution in [0.15, 0.2) is 72.8 Å². The van der Waals surface area contributed by atoms with Gasteiger partial charge in [0, 0.05) is 22.7 Å². The van der Waals surface area contributed by atoms with Crippen molar-refractivity contribution in [3.8, 4) is 11.5 Å². The van der Waals surface area contributed by atoms with Crippen LogP contribution in [0.2, 0.25) is 5.02 Å². The molecule has 8 heteroatoms. The largest absolute Gasteiger partial charge is 0.508 e. The molecule has 35 heavy (non-hydrogen) atoms. The van der Waals surface area contributed by atoms with Gasteiger partial charge >= 0.3 is 0 Å². The average Bonchev–Trinajstić information content (AvgIpc) is 2.84. The van der Waals surface area contributed by atoms with Crippen molar-refractivity contribution < 1.29 is 24.5 Å². The van der Waals surface area contributed by atoms with Crippen molar-refractivity contribution >= 4 is 23.3 Å². The highest BCUT2D eigenvalue weighted by Crippen LogP contribution is 2.21. The quantitative estimate of drug-likeness (QED) is 0.236. The third kappa shape index (κ3) is 7.82. The average molecular weight is 497 g/mol. The third-order valence-electron chi connectivity index (χ3n) is 5.41. The number of aliphatic hydroxyl groups is 1. The number of ketones is 1. The molecular weight excluding hydrogens is 468 g/mol. The van der Waals surface area contributed by atoms with Crippen molar-refractivity contribution in [3.05, 3.63) is 94.5 Å². The molecule has 7 nitrogen and oxygen atoms in total. The number of amides is 1. The van der Waals surface area contributed by atoms with Gasteiger partial charge in [0.05, 0.1) is 6.54 Å². The minimum absolute atomic E-state index is 0.0813. The second-order valence-electron chi connectivity index (χ2n) is 8.62. The molecule has 0 saturated carbocycles. The number of ether oxygens (including phenoxy) is 1. The van der Waals surface area contributed by atoms with E-state index in [1.54, 1.807) is 50.2 Å². The van der Waals surface area contributed by atoms with E-state index in [0.717, 1.165) is 5.56 Å². The standard InChI is InChI=1S/C27H29ClN2O5/c1-27(2,26(34)30-17-24(32)19-7-11-22(31)12-8-19)35-23-13-3-18(4-14-23)15-16-29-25(33)20-5-9-21(28)10-6-20/h3-14,26,30-31,34H,15-17H2,1-2H3,(H,29,33). The molecule has 0 fully saturated rings. The van der Waals surface area contributed by atoms with Gasteiger partial charge in [0.25, 0.3) is 5.91 Å². The highest BCUT2D eigenvalue weighted by molar-refractivity contribution is 6.30. The Bertz CT molecular complexity index is 1130. The Balaban J connectivity index is 1.45. The molecule has 1 unspecified atom stereocenters. The van der Waals surface area contributed by atoms with Gasteiger partial charge in [-0.25, -0.2) is 0 Å². The van der Waals surface area contributed by atoms with Crippen LogP contribution in [0.4, 0.5) is 0 Å². The van der Waals surface area contributed by atoms with Crippen molar-refractivity contribution in [1.29, 1.82) is 0 Å². The lowest BCUT2D eigenvalue weighted by Crippen LogP contribution is -2.51. The molecule has 0 saturated heterocycles. The number of carbonyl (C=O) groups is 2. The second-order valence-corrected chi connectivity index (χ2v) is 9.05. The number of aliphatic hydroxyl groups excluding tert-OH is 1. The Morgan fingerprint density at radius 3 is 2.17 bits per heavy atom. The summed E-state index contributed by atoms with van der Waals surface area (Å²) < 4.78 is 5.95. The zero-order valence-corrected chi connectivity index (χ0v) is 20.4. The van der Waals surface area contributed by atoms with Crippen LogP contribution >= 0.6 is 11.6 Å². The van der Waals surface area contributed by atoms with Gasteiger partial charge in [-0.05, 0) is 86.5 Å². The predicted octanol–water partition coefficient (Wildman–Crippen LogP) is 3.97. The number of hydrogen-bond acceptors (Lipinski definition) is 6. The number of carbonyl (C=O) groups excluding carboxylic acids is 2. The number of benzene rings is 3. The van der Waals surface area contributed by atoms with Crippen molar-refractivity contribution in [3.63, 3.8) is 0 Å². The highest BCUT2D eigenvalue weighted by atomic mass is 35.5. The van der Waals surface area contributed by atoms with Crippen molar-refractivity contribution in [1.82, 2.24) is 10.6 Å². The number of aromatic hydroxyl groups is 1. The lowest BCUT2D eigenvalue weighted by atomic mass is 10.1. The molecule has 0 bridgehead atoms. The van der Waals surface area contributed by atoms with Crippen LogP contribution in [-0.2, 0) is 6.42 Å². The van der Waals surface area contributed by atoms with Gasteiger partial charge in [0.15, 0.2) is 5.78 Å². The molecule has 3 aromatic rings. The number of Topliss-reactive ketones (excluding diaryl/α,β-unsaturated/α-hetero) is 1. The van der Waals surface area contributed by atoms with E-state index in [1.807, 2.05) is 12.1 Å². The normalized spacial score (nSPS) is 12.1. The molecule has 3 rings (SSSR count). The fraction of sp³-hybridized carbons (Fsp3) is 0.259. The SMILES string of the molecule is CC(C)(Oc1ccc(CCNC(=O)c2ccc(Cl)cc2)cc1)C(O)NCC(=O)c1ccc(O)cc1. The Kier molecular flexibility index (Phi) is 8.87. The fourth-order valence-electron chi connectivity index (χ4n) is 3.29. The summed E-state index contributed by atoms with van der Waals surface area (Å²) in [6.07, 6.45) is -0.460. The smallest absolute Gasteiger partial charge is 0.251 e. The number of phenolic OH excluding ortho intramolecular Hbond substituents is 1. The van der Waals surface area contributed by atoms with Gasteiger partial charge in [0.2, 0.25) is 0 Å².